The largest absolute Gasteiger partial charge is 0.496 e. The van der Waals surface area contributed by atoms with Crippen molar-refractivity contribution in [3.05, 3.63) is 29.8 Å². The number of benzene rings is 1. The number of halogens is 1. The molecule has 0 bridgehead atoms. The van der Waals surface area contributed by atoms with Gasteiger partial charge in [-0.05, 0) is 17.9 Å². The molecule has 112 valence electrons. The second-order valence-electron chi connectivity index (χ2n) is 6.15. The van der Waals surface area contributed by atoms with Crippen LogP contribution in [0.1, 0.15) is 32.8 Å². The number of alkyl halides is 1. The van der Waals surface area contributed by atoms with Gasteiger partial charge < -0.3 is 10.1 Å². The number of ether oxygens (including phenoxy) is 1. The fourth-order valence-corrected chi connectivity index (χ4v) is 2.59. The molecule has 1 aromatic carbocycles. The van der Waals surface area contributed by atoms with E-state index in [0.29, 0.717) is 13.0 Å². The third-order valence-electron chi connectivity index (χ3n) is 2.90. The summed E-state index contributed by atoms with van der Waals surface area (Å²) < 4.78 is 5.23. The van der Waals surface area contributed by atoms with Crippen molar-refractivity contribution in [3.63, 3.8) is 0 Å². The van der Waals surface area contributed by atoms with Crippen molar-refractivity contribution in [2.45, 2.75) is 39.0 Å². The Morgan fingerprint density at radius 1 is 1.35 bits per heavy atom. The lowest BCUT2D eigenvalue weighted by atomic mass is 9.90. The molecular weight excluding hydrogens is 274 g/mol. The average Bonchev–Trinajstić information content (AvgIpc) is 2.35. The molecule has 3 nitrogen and oxygen atoms in total. The number of nitrogens with one attached hydrogen (secondary N) is 1. The summed E-state index contributed by atoms with van der Waals surface area (Å²) >= 11 is 6.23. The Morgan fingerprint density at radius 2 is 2.00 bits per heavy atom. The van der Waals surface area contributed by atoms with Crippen LogP contribution in [-0.2, 0) is 11.2 Å². The standard InChI is InChI=1S/C16H24ClNO2/c1-16(2,3)10-13(17)11-18-15(19)9-12-7-5-6-8-14(12)20-4/h5-8,13H,9-11H2,1-4H3,(H,18,19). The van der Waals surface area contributed by atoms with E-state index in [4.69, 9.17) is 16.3 Å². The van der Waals surface area contributed by atoms with Crippen LogP contribution >= 0.6 is 11.6 Å². The maximum Gasteiger partial charge on any atom is 0.224 e. The number of methoxy groups -OCH3 is 1. The molecule has 0 spiro atoms. The van der Waals surface area contributed by atoms with Gasteiger partial charge in [0.15, 0.2) is 0 Å². The average molecular weight is 298 g/mol. The van der Waals surface area contributed by atoms with E-state index in [1.165, 1.54) is 0 Å². The van der Waals surface area contributed by atoms with Gasteiger partial charge in [0.1, 0.15) is 5.75 Å². The van der Waals surface area contributed by atoms with Gasteiger partial charge in [0.2, 0.25) is 5.91 Å². The van der Waals surface area contributed by atoms with E-state index in [1.54, 1.807) is 7.11 Å². The first kappa shape index (κ1) is 16.8. The summed E-state index contributed by atoms with van der Waals surface area (Å²) in [6.07, 6.45) is 1.17. The Bertz CT molecular complexity index is 440. The molecule has 1 rings (SSSR count). The number of hydrogen-bond donors (Lipinski definition) is 1. The van der Waals surface area contributed by atoms with Gasteiger partial charge in [-0.2, -0.15) is 0 Å². The summed E-state index contributed by atoms with van der Waals surface area (Å²) in [5, 5.41) is 2.83. The van der Waals surface area contributed by atoms with Crippen molar-refractivity contribution in [1.29, 1.82) is 0 Å². The van der Waals surface area contributed by atoms with Gasteiger partial charge in [-0.1, -0.05) is 39.0 Å². The molecule has 0 aliphatic heterocycles. The van der Waals surface area contributed by atoms with Crippen LogP contribution in [0.2, 0.25) is 0 Å². The molecule has 0 heterocycles. The third-order valence-corrected chi connectivity index (χ3v) is 3.21. The number of carbonyl (C=O) groups is 1. The second kappa shape index (κ2) is 7.53. The molecule has 0 aliphatic carbocycles. The molecule has 0 radical (unpaired) electrons. The molecule has 1 unspecified atom stereocenters. The lowest BCUT2D eigenvalue weighted by Crippen LogP contribution is -2.32. The van der Waals surface area contributed by atoms with Gasteiger partial charge >= 0.3 is 0 Å². The van der Waals surface area contributed by atoms with E-state index in [0.717, 1.165) is 17.7 Å². The molecule has 20 heavy (non-hydrogen) atoms. The van der Waals surface area contributed by atoms with Crippen LogP contribution in [0.25, 0.3) is 0 Å². The van der Waals surface area contributed by atoms with E-state index >= 15 is 0 Å². The first-order valence-electron chi connectivity index (χ1n) is 6.84. The third kappa shape index (κ3) is 6.29. The van der Waals surface area contributed by atoms with Crippen LogP contribution in [0.4, 0.5) is 0 Å². The summed E-state index contributed by atoms with van der Waals surface area (Å²) in [5.74, 6) is 0.703. The highest BCUT2D eigenvalue weighted by Gasteiger charge is 2.17. The SMILES string of the molecule is COc1ccccc1CC(=O)NCC(Cl)CC(C)(C)C. The molecule has 0 aromatic heterocycles. The molecular formula is C16H24ClNO2. The van der Waals surface area contributed by atoms with Gasteiger partial charge in [-0.3, -0.25) is 4.79 Å². The molecule has 1 N–H and O–H groups in total. The first-order valence-corrected chi connectivity index (χ1v) is 7.28. The number of para-hydroxylation sites is 1. The minimum atomic E-state index is -0.0448. The Hall–Kier alpha value is -1.22. The minimum Gasteiger partial charge on any atom is -0.496 e. The van der Waals surface area contributed by atoms with E-state index in [9.17, 15) is 4.79 Å². The van der Waals surface area contributed by atoms with Crippen molar-refractivity contribution >= 4 is 17.5 Å². The summed E-state index contributed by atoms with van der Waals surface area (Å²) in [6.45, 7) is 6.91. The number of amides is 1. The van der Waals surface area contributed by atoms with E-state index in [-0.39, 0.29) is 16.7 Å². The number of hydrogen-bond acceptors (Lipinski definition) is 2. The zero-order valence-electron chi connectivity index (χ0n) is 12.7. The van der Waals surface area contributed by atoms with Gasteiger partial charge in [-0.15, -0.1) is 11.6 Å². The fourth-order valence-electron chi connectivity index (χ4n) is 2.05. The maximum atomic E-state index is 11.9. The van der Waals surface area contributed by atoms with Crippen molar-refractivity contribution in [2.75, 3.05) is 13.7 Å². The van der Waals surface area contributed by atoms with Crippen LogP contribution in [0.3, 0.4) is 0 Å². The molecule has 0 fully saturated rings. The quantitative estimate of drug-likeness (QED) is 0.817. The topological polar surface area (TPSA) is 38.3 Å². The van der Waals surface area contributed by atoms with Crippen molar-refractivity contribution in [2.24, 2.45) is 5.41 Å². The Morgan fingerprint density at radius 3 is 2.60 bits per heavy atom. The smallest absolute Gasteiger partial charge is 0.224 e. The molecule has 0 saturated heterocycles. The Kier molecular flexibility index (Phi) is 6.34. The van der Waals surface area contributed by atoms with Gasteiger partial charge in [0.05, 0.1) is 18.9 Å². The lowest BCUT2D eigenvalue weighted by molar-refractivity contribution is -0.120. The summed E-state index contributed by atoms with van der Waals surface area (Å²) in [6, 6.07) is 7.53. The highest BCUT2D eigenvalue weighted by Crippen LogP contribution is 2.23. The predicted molar refractivity (Wildman–Crippen MR) is 83.4 cm³/mol. The van der Waals surface area contributed by atoms with Gasteiger partial charge in [0, 0.05) is 12.1 Å². The van der Waals surface area contributed by atoms with E-state index < -0.39 is 0 Å². The Labute approximate surface area is 126 Å². The lowest BCUT2D eigenvalue weighted by Gasteiger charge is -2.22. The summed E-state index contributed by atoms with van der Waals surface area (Å²) in [5.41, 5.74) is 1.05. The normalized spacial score (nSPS) is 12.8. The van der Waals surface area contributed by atoms with Crippen molar-refractivity contribution < 1.29 is 9.53 Å². The van der Waals surface area contributed by atoms with Crippen molar-refractivity contribution in [1.82, 2.24) is 5.32 Å². The predicted octanol–water partition coefficient (Wildman–Crippen LogP) is 3.40. The number of carbonyl (C=O) groups excluding carboxylic acids is 1. The van der Waals surface area contributed by atoms with E-state index in [2.05, 4.69) is 26.1 Å². The molecule has 0 aliphatic rings. The van der Waals surface area contributed by atoms with Gasteiger partial charge in [-0.25, -0.2) is 0 Å². The highest BCUT2D eigenvalue weighted by molar-refractivity contribution is 6.20. The minimum absolute atomic E-state index is 0.0333. The maximum absolute atomic E-state index is 11.9. The van der Waals surface area contributed by atoms with E-state index in [1.807, 2.05) is 24.3 Å². The molecule has 1 atom stereocenters. The van der Waals surface area contributed by atoms with Crippen LogP contribution in [0.15, 0.2) is 24.3 Å². The molecule has 0 saturated carbocycles. The summed E-state index contributed by atoms with van der Waals surface area (Å²) in [4.78, 5) is 11.9. The molecule has 1 amide bonds. The van der Waals surface area contributed by atoms with Gasteiger partial charge in [0.25, 0.3) is 0 Å². The van der Waals surface area contributed by atoms with Crippen LogP contribution in [0, 0.1) is 5.41 Å². The highest BCUT2D eigenvalue weighted by atomic mass is 35.5. The zero-order valence-corrected chi connectivity index (χ0v) is 13.5. The van der Waals surface area contributed by atoms with Crippen molar-refractivity contribution in [3.8, 4) is 5.75 Å². The second-order valence-corrected chi connectivity index (χ2v) is 6.77. The molecule has 4 heteroatoms. The summed E-state index contributed by atoms with van der Waals surface area (Å²) in [7, 11) is 1.61. The number of rotatable bonds is 6. The van der Waals surface area contributed by atoms with Crippen LogP contribution in [-0.4, -0.2) is 24.9 Å². The fraction of sp³-hybridized carbons (Fsp3) is 0.562. The van der Waals surface area contributed by atoms with Crippen LogP contribution < -0.4 is 10.1 Å². The molecule has 1 aromatic rings. The van der Waals surface area contributed by atoms with Crippen LogP contribution in [0.5, 0.6) is 5.75 Å². The zero-order chi connectivity index (χ0) is 15.2. The Balaban J connectivity index is 2.44. The first-order chi connectivity index (χ1) is 9.31. The monoisotopic (exact) mass is 297 g/mol.